The number of anilines is 1. The van der Waals surface area contributed by atoms with Crippen LogP contribution in [0.2, 0.25) is 0 Å². The quantitative estimate of drug-likeness (QED) is 0.741. The second kappa shape index (κ2) is 5.94. The summed E-state index contributed by atoms with van der Waals surface area (Å²) < 4.78 is 3.16. The molecule has 3 heterocycles. The van der Waals surface area contributed by atoms with Crippen LogP contribution in [0.3, 0.4) is 0 Å². The van der Waals surface area contributed by atoms with E-state index in [0.29, 0.717) is 0 Å². The molecule has 1 fully saturated rings. The highest BCUT2D eigenvalue weighted by Crippen LogP contribution is 2.31. The van der Waals surface area contributed by atoms with Gasteiger partial charge in [0, 0.05) is 51.5 Å². The molecule has 4 rings (SSSR count). The summed E-state index contributed by atoms with van der Waals surface area (Å²) >= 11 is 1.81. The average Bonchev–Trinajstić information content (AvgIpc) is 3.15. The number of fused-ring (bicyclic) bond motifs is 1. The number of hydrogen-bond donors (Lipinski definition) is 0. The van der Waals surface area contributed by atoms with E-state index in [9.17, 15) is 0 Å². The topological polar surface area (TPSA) is 37.2 Å². The van der Waals surface area contributed by atoms with Gasteiger partial charge in [0.2, 0.25) is 0 Å². The fourth-order valence-electron chi connectivity index (χ4n) is 3.12. The molecule has 1 aliphatic rings. The van der Waals surface area contributed by atoms with Gasteiger partial charge >= 0.3 is 0 Å². The molecule has 2 aromatic heterocycles. The van der Waals surface area contributed by atoms with Gasteiger partial charge in [-0.15, -0.1) is 0 Å². The van der Waals surface area contributed by atoms with Crippen molar-refractivity contribution >= 4 is 26.7 Å². The third kappa shape index (κ3) is 2.96. The van der Waals surface area contributed by atoms with Crippen LogP contribution >= 0.6 is 11.3 Å². The Bertz CT molecular complexity index is 813. The largest absolute Gasteiger partial charge is 0.345 e. The van der Waals surface area contributed by atoms with Gasteiger partial charge in [0.15, 0.2) is 5.13 Å². The first-order valence-corrected chi connectivity index (χ1v) is 8.82. The van der Waals surface area contributed by atoms with Crippen LogP contribution in [0.1, 0.15) is 11.1 Å². The highest BCUT2D eigenvalue weighted by molar-refractivity contribution is 7.22. The van der Waals surface area contributed by atoms with Crippen molar-refractivity contribution in [1.29, 1.82) is 0 Å². The fraction of sp³-hybridized carbons (Fsp3) is 0.412. The van der Waals surface area contributed by atoms with E-state index in [1.807, 2.05) is 29.3 Å². The molecule has 3 aromatic rings. The lowest BCUT2D eigenvalue weighted by Gasteiger charge is -2.34. The lowest BCUT2D eigenvalue weighted by molar-refractivity contribution is 0.250. The van der Waals surface area contributed by atoms with E-state index in [4.69, 9.17) is 4.98 Å². The molecule has 0 atom stereocenters. The molecule has 23 heavy (non-hydrogen) atoms. The molecular weight excluding hydrogens is 306 g/mol. The molecule has 0 bridgehead atoms. The molecule has 1 saturated heterocycles. The zero-order valence-electron chi connectivity index (χ0n) is 13.6. The second-order valence-electron chi connectivity index (χ2n) is 6.20. The van der Waals surface area contributed by atoms with Crippen LogP contribution in [0, 0.1) is 6.92 Å². The molecular formula is C17H21N5S. The summed E-state index contributed by atoms with van der Waals surface area (Å²) in [6, 6.07) is 6.42. The summed E-state index contributed by atoms with van der Waals surface area (Å²) in [5.74, 6) is 0. The van der Waals surface area contributed by atoms with Gasteiger partial charge in [0.05, 0.1) is 16.4 Å². The molecule has 0 amide bonds. The van der Waals surface area contributed by atoms with E-state index in [2.05, 4.69) is 46.2 Å². The van der Waals surface area contributed by atoms with Gasteiger partial charge in [0.25, 0.3) is 0 Å². The van der Waals surface area contributed by atoms with Gasteiger partial charge in [-0.05, 0) is 18.6 Å². The number of thiazole rings is 1. The maximum Gasteiger partial charge on any atom is 0.186 e. The minimum atomic E-state index is 0.987. The Hall–Kier alpha value is -1.92. The molecule has 5 nitrogen and oxygen atoms in total. The Kier molecular flexibility index (Phi) is 3.79. The van der Waals surface area contributed by atoms with Crippen molar-refractivity contribution < 1.29 is 0 Å². The van der Waals surface area contributed by atoms with Crippen molar-refractivity contribution in [2.24, 2.45) is 7.05 Å². The minimum Gasteiger partial charge on any atom is -0.345 e. The van der Waals surface area contributed by atoms with E-state index < -0.39 is 0 Å². The van der Waals surface area contributed by atoms with Crippen molar-refractivity contribution in [1.82, 2.24) is 19.7 Å². The predicted molar refractivity (Wildman–Crippen MR) is 95.1 cm³/mol. The maximum atomic E-state index is 4.86. The molecule has 0 spiro atoms. The zero-order valence-corrected chi connectivity index (χ0v) is 14.4. The zero-order chi connectivity index (χ0) is 15.8. The van der Waals surface area contributed by atoms with Gasteiger partial charge in [-0.2, -0.15) is 5.10 Å². The van der Waals surface area contributed by atoms with Crippen LogP contribution in [0.5, 0.6) is 0 Å². The number of aryl methyl sites for hydroxylation is 2. The van der Waals surface area contributed by atoms with Crippen molar-refractivity contribution in [2.45, 2.75) is 13.5 Å². The second-order valence-corrected chi connectivity index (χ2v) is 7.21. The molecule has 1 aliphatic heterocycles. The number of rotatable bonds is 3. The van der Waals surface area contributed by atoms with Crippen molar-refractivity contribution in [3.8, 4) is 0 Å². The SMILES string of the molecule is Cc1cccc2sc(N3CCN(Cc4cnn(C)c4)CC3)nc12. The lowest BCUT2D eigenvalue weighted by Crippen LogP contribution is -2.45. The Morgan fingerprint density at radius 3 is 2.70 bits per heavy atom. The molecule has 0 unspecified atom stereocenters. The number of para-hydroxylation sites is 1. The van der Waals surface area contributed by atoms with E-state index in [-0.39, 0.29) is 0 Å². The van der Waals surface area contributed by atoms with E-state index in [0.717, 1.165) is 43.4 Å². The Balaban J connectivity index is 1.43. The highest BCUT2D eigenvalue weighted by Gasteiger charge is 2.20. The smallest absolute Gasteiger partial charge is 0.186 e. The molecule has 0 aliphatic carbocycles. The normalized spacial score (nSPS) is 16.3. The molecule has 0 saturated carbocycles. The van der Waals surface area contributed by atoms with E-state index >= 15 is 0 Å². The van der Waals surface area contributed by atoms with Crippen LogP contribution in [0.4, 0.5) is 5.13 Å². The van der Waals surface area contributed by atoms with Gasteiger partial charge in [-0.1, -0.05) is 23.5 Å². The Morgan fingerprint density at radius 2 is 2.00 bits per heavy atom. The van der Waals surface area contributed by atoms with Gasteiger partial charge in [0.1, 0.15) is 0 Å². The van der Waals surface area contributed by atoms with Crippen molar-refractivity contribution in [2.75, 3.05) is 31.1 Å². The van der Waals surface area contributed by atoms with Crippen LogP contribution in [-0.4, -0.2) is 45.8 Å². The van der Waals surface area contributed by atoms with Crippen molar-refractivity contribution in [3.05, 3.63) is 41.7 Å². The first-order valence-electron chi connectivity index (χ1n) is 8.00. The maximum absolute atomic E-state index is 4.86. The van der Waals surface area contributed by atoms with Gasteiger partial charge in [-0.25, -0.2) is 4.98 Å². The predicted octanol–water partition coefficient (Wildman–Crippen LogP) is 2.66. The minimum absolute atomic E-state index is 0.987. The average molecular weight is 327 g/mol. The van der Waals surface area contributed by atoms with Crippen LogP contribution in [-0.2, 0) is 13.6 Å². The summed E-state index contributed by atoms with van der Waals surface area (Å²) in [7, 11) is 1.97. The standard InChI is InChI=1S/C17H21N5S/c1-13-4-3-5-15-16(13)19-17(23-15)22-8-6-21(7-9-22)12-14-10-18-20(2)11-14/h3-5,10-11H,6-9,12H2,1-2H3. The highest BCUT2D eigenvalue weighted by atomic mass is 32.1. The third-order valence-electron chi connectivity index (χ3n) is 4.42. The van der Waals surface area contributed by atoms with E-state index in [1.165, 1.54) is 15.8 Å². The van der Waals surface area contributed by atoms with Crippen LogP contribution < -0.4 is 4.90 Å². The number of benzene rings is 1. The summed E-state index contributed by atoms with van der Waals surface area (Å²) in [4.78, 5) is 9.77. The van der Waals surface area contributed by atoms with E-state index in [1.54, 1.807) is 0 Å². The monoisotopic (exact) mass is 327 g/mol. The Labute approximate surface area is 140 Å². The summed E-state index contributed by atoms with van der Waals surface area (Å²) in [6.45, 7) is 7.35. The first kappa shape index (κ1) is 14.7. The summed E-state index contributed by atoms with van der Waals surface area (Å²) in [5, 5.41) is 5.41. The molecule has 0 N–H and O–H groups in total. The number of piperazine rings is 1. The van der Waals surface area contributed by atoms with Crippen LogP contribution in [0.25, 0.3) is 10.2 Å². The molecule has 0 radical (unpaired) electrons. The number of nitrogens with zero attached hydrogens (tertiary/aromatic N) is 5. The third-order valence-corrected chi connectivity index (χ3v) is 5.50. The summed E-state index contributed by atoms with van der Waals surface area (Å²) in [6.07, 6.45) is 4.06. The lowest BCUT2D eigenvalue weighted by atomic mass is 10.2. The van der Waals surface area contributed by atoms with Gasteiger partial charge < -0.3 is 4.90 Å². The number of hydrogen-bond acceptors (Lipinski definition) is 5. The fourth-order valence-corrected chi connectivity index (χ4v) is 4.21. The van der Waals surface area contributed by atoms with Crippen LogP contribution in [0.15, 0.2) is 30.6 Å². The van der Waals surface area contributed by atoms with Gasteiger partial charge in [-0.3, -0.25) is 9.58 Å². The summed E-state index contributed by atoms with van der Waals surface area (Å²) in [5.41, 5.74) is 3.71. The molecule has 120 valence electrons. The Morgan fingerprint density at radius 1 is 1.17 bits per heavy atom. The molecule has 1 aromatic carbocycles. The molecule has 6 heteroatoms. The number of aromatic nitrogens is 3. The van der Waals surface area contributed by atoms with Crippen molar-refractivity contribution in [3.63, 3.8) is 0 Å². The first-order chi connectivity index (χ1) is 11.2.